The van der Waals surface area contributed by atoms with Crippen molar-refractivity contribution in [2.45, 2.75) is 25.7 Å². The molecule has 7 nitrogen and oxygen atoms in total. The highest BCUT2D eigenvalue weighted by molar-refractivity contribution is 5.97. The number of fused-ring (bicyclic) bond motifs is 1. The zero-order chi connectivity index (χ0) is 21.3. The van der Waals surface area contributed by atoms with E-state index in [4.69, 9.17) is 9.47 Å². The largest absolute Gasteiger partial charge is 0.497 e. The molecule has 0 fully saturated rings. The Morgan fingerprint density at radius 1 is 1.10 bits per heavy atom. The van der Waals surface area contributed by atoms with Crippen molar-refractivity contribution >= 4 is 23.8 Å². The van der Waals surface area contributed by atoms with Gasteiger partial charge in [0.1, 0.15) is 11.5 Å². The molecule has 1 heterocycles. The normalized spacial score (nSPS) is 12.2. The molecular weight excluding hydrogens is 384 g/mol. The zero-order valence-corrected chi connectivity index (χ0v) is 17.1. The lowest BCUT2D eigenvalue weighted by atomic mass is 10.0. The third kappa shape index (κ3) is 5.59. The number of nitrogens with zero attached hydrogens (tertiary/aromatic N) is 1. The standard InChI is InChI=1S/C23H26N2O5/c1-29-19-5-7-20(8-6-19)30-14-2-3-23(28)24-12-10-22(27)18-4-9-21-17(15-18)11-13-25(21)16-26/h4-9,15-16H,2-3,10-14H2,1H3,(H,24,28). The molecule has 2 aromatic rings. The summed E-state index contributed by atoms with van der Waals surface area (Å²) in [4.78, 5) is 37.0. The molecule has 0 aliphatic carbocycles. The highest BCUT2D eigenvalue weighted by Gasteiger charge is 2.19. The van der Waals surface area contributed by atoms with Crippen LogP contribution in [0.25, 0.3) is 0 Å². The zero-order valence-electron chi connectivity index (χ0n) is 17.1. The molecule has 3 rings (SSSR count). The third-order valence-corrected chi connectivity index (χ3v) is 5.01. The maximum atomic E-state index is 12.4. The summed E-state index contributed by atoms with van der Waals surface area (Å²) in [6, 6.07) is 12.7. The van der Waals surface area contributed by atoms with E-state index in [1.165, 1.54) is 0 Å². The average Bonchev–Trinajstić information content (AvgIpc) is 3.19. The van der Waals surface area contributed by atoms with E-state index in [9.17, 15) is 14.4 Å². The third-order valence-electron chi connectivity index (χ3n) is 5.01. The van der Waals surface area contributed by atoms with Crippen molar-refractivity contribution in [3.05, 3.63) is 53.6 Å². The van der Waals surface area contributed by atoms with Crippen LogP contribution in [0.4, 0.5) is 5.69 Å². The highest BCUT2D eigenvalue weighted by atomic mass is 16.5. The lowest BCUT2D eigenvalue weighted by Gasteiger charge is -2.10. The number of hydrogen-bond donors (Lipinski definition) is 1. The van der Waals surface area contributed by atoms with Gasteiger partial charge in [-0.1, -0.05) is 0 Å². The number of methoxy groups -OCH3 is 1. The predicted molar refractivity (Wildman–Crippen MR) is 113 cm³/mol. The van der Waals surface area contributed by atoms with Gasteiger partial charge in [-0.25, -0.2) is 0 Å². The number of nitrogens with one attached hydrogen (secondary N) is 1. The van der Waals surface area contributed by atoms with E-state index in [0.717, 1.165) is 35.6 Å². The summed E-state index contributed by atoms with van der Waals surface area (Å²) < 4.78 is 10.7. The molecule has 0 saturated carbocycles. The molecule has 0 atom stereocenters. The quantitative estimate of drug-likeness (QED) is 0.350. The minimum absolute atomic E-state index is 0.0227. The fourth-order valence-electron chi connectivity index (χ4n) is 3.35. The molecule has 0 saturated heterocycles. The summed E-state index contributed by atoms with van der Waals surface area (Å²) in [7, 11) is 1.61. The van der Waals surface area contributed by atoms with E-state index in [0.29, 0.717) is 38.1 Å². The van der Waals surface area contributed by atoms with Crippen LogP contribution < -0.4 is 19.7 Å². The van der Waals surface area contributed by atoms with Crippen LogP contribution in [-0.2, 0) is 16.0 Å². The van der Waals surface area contributed by atoms with E-state index in [1.807, 2.05) is 36.4 Å². The SMILES string of the molecule is COc1ccc(OCCCC(=O)NCCC(=O)c2ccc3c(c2)CCN3C=O)cc1. The van der Waals surface area contributed by atoms with Crippen LogP contribution in [0, 0.1) is 0 Å². The van der Waals surface area contributed by atoms with Crippen molar-refractivity contribution in [2.24, 2.45) is 0 Å². The maximum absolute atomic E-state index is 12.4. The molecule has 0 spiro atoms. The lowest BCUT2D eigenvalue weighted by Crippen LogP contribution is -2.26. The van der Waals surface area contributed by atoms with E-state index in [1.54, 1.807) is 18.1 Å². The van der Waals surface area contributed by atoms with Crippen LogP contribution in [0.3, 0.4) is 0 Å². The molecule has 2 aromatic carbocycles. The molecule has 0 aromatic heterocycles. The second-order valence-electron chi connectivity index (χ2n) is 7.04. The van der Waals surface area contributed by atoms with Crippen molar-refractivity contribution < 1.29 is 23.9 Å². The maximum Gasteiger partial charge on any atom is 0.220 e. The first-order valence-corrected chi connectivity index (χ1v) is 10.0. The van der Waals surface area contributed by atoms with E-state index >= 15 is 0 Å². The number of rotatable bonds is 11. The molecule has 1 N–H and O–H groups in total. The van der Waals surface area contributed by atoms with Crippen molar-refractivity contribution in [2.75, 3.05) is 31.7 Å². The van der Waals surface area contributed by atoms with E-state index < -0.39 is 0 Å². The Kier molecular flexibility index (Phi) is 7.43. The van der Waals surface area contributed by atoms with Crippen LogP contribution in [0.2, 0.25) is 0 Å². The summed E-state index contributed by atoms with van der Waals surface area (Å²) in [5, 5.41) is 2.78. The van der Waals surface area contributed by atoms with Gasteiger partial charge >= 0.3 is 0 Å². The van der Waals surface area contributed by atoms with Crippen LogP contribution >= 0.6 is 0 Å². The number of carbonyl (C=O) groups is 3. The second kappa shape index (κ2) is 10.4. The van der Waals surface area contributed by atoms with Gasteiger partial charge in [-0.05, 0) is 60.9 Å². The van der Waals surface area contributed by atoms with Gasteiger partial charge in [0.2, 0.25) is 12.3 Å². The van der Waals surface area contributed by atoms with Gasteiger partial charge in [0.25, 0.3) is 0 Å². The van der Waals surface area contributed by atoms with Crippen LogP contribution in [0.5, 0.6) is 11.5 Å². The van der Waals surface area contributed by atoms with Gasteiger partial charge < -0.3 is 19.7 Å². The first-order valence-electron chi connectivity index (χ1n) is 10.0. The Morgan fingerprint density at radius 2 is 1.87 bits per heavy atom. The number of ether oxygens (including phenoxy) is 2. The van der Waals surface area contributed by atoms with Crippen molar-refractivity contribution in [1.29, 1.82) is 0 Å². The van der Waals surface area contributed by atoms with Gasteiger partial charge in [-0.2, -0.15) is 0 Å². The van der Waals surface area contributed by atoms with E-state index in [2.05, 4.69) is 5.32 Å². The lowest BCUT2D eigenvalue weighted by molar-refractivity contribution is -0.121. The molecule has 1 aliphatic heterocycles. The fraction of sp³-hybridized carbons (Fsp3) is 0.348. The van der Waals surface area contributed by atoms with Gasteiger partial charge in [-0.3, -0.25) is 14.4 Å². The van der Waals surface area contributed by atoms with Crippen LogP contribution in [0.15, 0.2) is 42.5 Å². The molecule has 0 radical (unpaired) electrons. The summed E-state index contributed by atoms with van der Waals surface area (Å²) in [6.07, 6.45) is 2.73. The summed E-state index contributed by atoms with van der Waals surface area (Å²) in [5.41, 5.74) is 2.49. The van der Waals surface area contributed by atoms with Crippen molar-refractivity contribution in [3.8, 4) is 11.5 Å². The number of benzene rings is 2. The van der Waals surface area contributed by atoms with Crippen LogP contribution in [-0.4, -0.2) is 44.9 Å². The van der Waals surface area contributed by atoms with Gasteiger partial charge in [0.05, 0.1) is 13.7 Å². The number of carbonyl (C=O) groups excluding carboxylic acids is 3. The molecular formula is C23H26N2O5. The summed E-state index contributed by atoms with van der Waals surface area (Å²) >= 11 is 0. The topological polar surface area (TPSA) is 84.9 Å². The van der Waals surface area contributed by atoms with Crippen LogP contribution in [0.1, 0.15) is 35.2 Å². The minimum atomic E-state index is -0.100. The summed E-state index contributed by atoms with van der Waals surface area (Å²) in [6.45, 7) is 1.38. The molecule has 30 heavy (non-hydrogen) atoms. The second-order valence-corrected chi connectivity index (χ2v) is 7.04. The number of amides is 2. The van der Waals surface area contributed by atoms with Gasteiger partial charge in [0.15, 0.2) is 5.78 Å². The Morgan fingerprint density at radius 3 is 2.60 bits per heavy atom. The molecule has 0 bridgehead atoms. The van der Waals surface area contributed by atoms with E-state index in [-0.39, 0.29) is 18.1 Å². The predicted octanol–water partition coefficient (Wildman–Crippen LogP) is 2.76. The number of ketones is 1. The van der Waals surface area contributed by atoms with Gasteiger partial charge in [-0.15, -0.1) is 0 Å². The van der Waals surface area contributed by atoms with Crippen molar-refractivity contribution in [1.82, 2.24) is 5.32 Å². The Bertz CT molecular complexity index is 895. The molecule has 7 heteroatoms. The Labute approximate surface area is 176 Å². The number of hydrogen-bond acceptors (Lipinski definition) is 5. The average molecular weight is 410 g/mol. The fourth-order valence-corrected chi connectivity index (χ4v) is 3.35. The number of anilines is 1. The highest BCUT2D eigenvalue weighted by Crippen LogP contribution is 2.28. The smallest absolute Gasteiger partial charge is 0.220 e. The first-order chi connectivity index (χ1) is 14.6. The van der Waals surface area contributed by atoms with Gasteiger partial charge in [0, 0.05) is 37.2 Å². The Hall–Kier alpha value is -3.35. The molecule has 0 unspecified atom stereocenters. The minimum Gasteiger partial charge on any atom is -0.497 e. The monoisotopic (exact) mass is 410 g/mol. The molecule has 158 valence electrons. The molecule has 2 amide bonds. The Balaban J connectivity index is 1.33. The first kappa shape index (κ1) is 21.4. The summed E-state index contributed by atoms with van der Waals surface area (Å²) in [5.74, 6) is 1.37. The number of Topliss-reactive ketones (excluding diaryl/α,β-unsaturated/α-hetero) is 1. The molecule has 1 aliphatic rings. The van der Waals surface area contributed by atoms with Crippen molar-refractivity contribution in [3.63, 3.8) is 0 Å².